The SMILES string of the molecule is CC(NN)c1nc2ccccc2s1. The fourth-order valence-corrected chi connectivity index (χ4v) is 2.13. The predicted molar refractivity (Wildman–Crippen MR) is 55.4 cm³/mol. The van der Waals surface area contributed by atoms with Gasteiger partial charge < -0.3 is 0 Å². The van der Waals surface area contributed by atoms with Crippen LogP contribution in [0.15, 0.2) is 24.3 Å². The van der Waals surface area contributed by atoms with Crippen LogP contribution in [0.3, 0.4) is 0 Å². The molecule has 0 aliphatic heterocycles. The van der Waals surface area contributed by atoms with Crippen molar-refractivity contribution >= 4 is 21.6 Å². The molecule has 0 aliphatic carbocycles. The van der Waals surface area contributed by atoms with Crippen LogP contribution >= 0.6 is 11.3 Å². The van der Waals surface area contributed by atoms with E-state index in [1.54, 1.807) is 11.3 Å². The number of fused-ring (bicyclic) bond motifs is 1. The fourth-order valence-electron chi connectivity index (χ4n) is 1.15. The van der Waals surface area contributed by atoms with Crippen molar-refractivity contribution in [2.45, 2.75) is 13.0 Å². The molecule has 68 valence electrons. The molecule has 3 nitrogen and oxygen atoms in total. The lowest BCUT2D eigenvalue weighted by molar-refractivity contribution is 0.600. The van der Waals surface area contributed by atoms with Gasteiger partial charge in [0.15, 0.2) is 0 Å². The number of hydrogen-bond acceptors (Lipinski definition) is 4. The third-order valence-electron chi connectivity index (χ3n) is 1.93. The first-order chi connectivity index (χ1) is 6.31. The molecular weight excluding hydrogens is 182 g/mol. The molecule has 0 saturated carbocycles. The molecule has 0 saturated heterocycles. The van der Waals surface area contributed by atoms with E-state index in [0.29, 0.717) is 0 Å². The quantitative estimate of drug-likeness (QED) is 0.565. The van der Waals surface area contributed by atoms with Crippen LogP contribution in [-0.4, -0.2) is 4.98 Å². The van der Waals surface area contributed by atoms with Crippen molar-refractivity contribution in [3.8, 4) is 0 Å². The van der Waals surface area contributed by atoms with Crippen LogP contribution in [0.4, 0.5) is 0 Å². The molecule has 0 fully saturated rings. The van der Waals surface area contributed by atoms with Gasteiger partial charge in [-0.2, -0.15) is 0 Å². The van der Waals surface area contributed by atoms with Gasteiger partial charge in [-0.25, -0.2) is 4.98 Å². The monoisotopic (exact) mass is 193 g/mol. The minimum Gasteiger partial charge on any atom is -0.271 e. The molecule has 3 N–H and O–H groups in total. The minimum atomic E-state index is 0.123. The fraction of sp³-hybridized carbons (Fsp3) is 0.222. The van der Waals surface area contributed by atoms with E-state index >= 15 is 0 Å². The summed E-state index contributed by atoms with van der Waals surface area (Å²) in [6.45, 7) is 2.00. The van der Waals surface area contributed by atoms with Gasteiger partial charge in [-0.1, -0.05) is 12.1 Å². The van der Waals surface area contributed by atoms with Gasteiger partial charge in [-0.3, -0.25) is 11.3 Å². The van der Waals surface area contributed by atoms with Crippen molar-refractivity contribution < 1.29 is 0 Å². The number of para-hydroxylation sites is 1. The Morgan fingerprint density at radius 1 is 1.46 bits per heavy atom. The van der Waals surface area contributed by atoms with Crippen molar-refractivity contribution in [3.63, 3.8) is 0 Å². The van der Waals surface area contributed by atoms with Crippen LogP contribution in [0.5, 0.6) is 0 Å². The number of hydrazine groups is 1. The second-order valence-electron chi connectivity index (χ2n) is 2.91. The Morgan fingerprint density at radius 3 is 2.92 bits per heavy atom. The van der Waals surface area contributed by atoms with E-state index in [-0.39, 0.29) is 6.04 Å². The molecule has 1 aromatic heterocycles. The average molecular weight is 193 g/mol. The lowest BCUT2D eigenvalue weighted by atomic mass is 10.3. The van der Waals surface area contributed by atoms with E-state index in [1.807, 2.05) is 25.1 Å². The molecule has 2 aromatic rings. The number of nitrogens with one attached hydrogen (secondary N) is 1. The van der Waals surface area contributed by atoms with Crippen molar-refractivity contribution in [3.05, 3.63) is 29.3 Å². The second kappa shape index (κ2) is 3.41. The van der Waals surface area contributed by atoms with E-state index in [0.717, 1.165) is 10.5 Å². The molecule has 1 heterocycles. The normalized spacial score (nSPS) is 13.4. The van der Waals surface area contributed by atoms with Gasteiger partial charge in [-0.05, 0) is 19.1 Å². The number of nitrogens with zero attached hydrogens (tertiary/aromatic N) is 1. The van der Waals surface area contributed by atoms with Gasteiger partial charge in [0.2, 0.25) is 0 Å². The summed E-state index contributed by atoms with van der Waals surface area (Å²) in [5, 5.41) is 1.03. The molecule has 1 atom stereocenters. The Balaban J connectivity index is 2.49. The topological polar surface area (TPSA) is 50.9 Å². The van der Waals surface area contributed by atoms with E-state index in [2.05, 4.69) is 16.5 Å². The molecule has 0 amide bonds. The van der Waals surface area contributed by atoms with Crippen molar-refractivity contribution in [2.75, 3.05) is 0 Å². The first-order valence-corrected chi connectivity index (χ1v) is 4.94. The first kappa shape index (κ1) is 8.62. The summed E-state index contributed by atoms with van der Waals surface area (Å²) < 4.78 is 1.21. The highest BCUT2D eigenvalue weighted by Crippen LogP contribution is 2.25. The maximum Gasteiger partial charge on any atom is 0.112 e. The Kier molecular flexibility index (Phi) is 2.26. The van der Waals surface area contributed by atoms with Crippen LogP contribution in [-0.2, 0) is 0 Å². The number of benzene rings is 1. The second-order valence-corrected chi connectivity index (χ2v) is 3.97. The maximum absolute atomic E-state index is 5.34. The maximum atomic E-state index is 5.34. The lowest BCUT2D eigenvalue weighted by Crippen LogP contribution is -2.25. The Labute approximate surface area is 80.6 Å². The number of thiazole rings is 1. The molecular formula is C9H11N3S. The Bertz CT molecular complexity index is 377. The standard InChI is InChI=1S/C9H11N3S/c1-6(12-10)9-11-7-4-2-3-5-8(7)13-9/h2-6,12H,10H2,1H3. The largest absolute Gasteiger partial charge is 0.271 e. The number of hydrogen-bond donors (Lipinski definition) is 2. The highest BCUT2D eigenvalue weighted by atomic mass is 32.1. The summed E-state index contributed by atoms with van der Waals surface area (Å²) >= 11 is 1.68. The molecule has 2 rings (SSSR count). The molecule has 0 bridgehead atoms. The summed E-state index contributed by atoms with van der Waals surface area (Å²) in [7, 11) is 0. The Morgan fingerprint density at radius 2 is 2.23 bits per heavy atom. The minimum absolute atomic E-state index is 0.123. The van der Waals surface area contributed by atoms with Gasteiger partial charge in [0.1, 0.15) is 5.01 Å². The van der Waals surface area contributed by atoms with Crippen molar-refractivity contribution in [2.24, 2.45) is 5.84 Å². The molecule has 13 heavy (non-hydrogen) atoms. The van der Waals surface area contributed by atoms with E-state index in [4.69, 9.17) is 5.84 Å². The summed E-state index contributed by atoms with van der Waals surface area (Å²) in [6, 6.07) is 8.22. The zero-order valence-corrected chi connectivity index (χ0v) is 8.14. The van der Waals surface area contributed by atoms with Gasteiger partial charge in [0.25, 0.3) is 0 Å². The van der Waals surface area contributed by atoms with Gasteiger partial charge >= 0.3 is 0 Å². The summed E-state index contributed by atoms with van der Waals surface area (Å²) in [4.78, 5) is 4.46. The molecule has 0 spiro atoms. The zero-order valence-electron chi connectivity index (χ0n) is 7.32. The number of aromatic nitrogens is 1. The molecule has 1 unspecified atom stereocenters. The third kappa shape index (κ3) is 1.56. The van der Waals surface area contributed by atoms with Crippen molar-refractivity contribution in [1.29, 1.82) is 0 Å². The van der Waals surface area contributed by atoms with Crippen LogP contribution < -0.4 is 11.3 Å². The zero-order chi connectivity index (χ0) is 9.26. The van der Waals surface area contributed by atoms with E-state index in [9.17, 15) is 0 Å². The smallest absolute Gasteiger partial charge is 0.112 e. The first-order valence-electron chi connectivity index (χ1n) is 4.13. The summed E-state index contributed by atoms with van der Waals surface area (Å²) in [5.41, 5.74) is 3.74. The summed E-state index contributed by atoms with van der Waals surface area (Å²) in [6.07, 6.45) is 0. The highest BCUT2D eigenvalue weighted by molar-refractivity contribution is 7.18. The highest BCUT2D eigenvalue weighted by Gasteiger charge is 2.08. The molecule has 0 aliphatic rings. The average Bonchev–Trinajstić information content (AvgIpc) is 2.59. The number of rotatable bonds is 2. The van der Waals surface area contributed by atoms with Gasteiger partial charge in [0.05, 0.1) is 16.3 Å². The Hall–Kier alpha value is -0.970. The van der Waals surface area contributed by atoms with Crippen LogP contribution in [0.25, 0.3) is 10.2 Å². The van der Waals surface area contributed by atoms with E-state index in [1.165, 1.54) is 4.70 Å². The number of nitrogens with two attached hydrogens (primary N) is 1. The third-order valence-corrected chi connectivity index (χ3v) is 3.15. The van der Waals surface area contributed by atoms with E-state index < -0.39 is 0 Å². The van der Waals surface area contributed by atoms with Crippen LogP contribution in [0, 0.1) is 0 Å². The lowest BCUT2D eigenvalue weighted by Gasteiger charge is -2.03. The molecule has 0 radical (unpaired) electrons. The van der Waals surface area contributed by atoms with Crippen LogP contribution in [0.2, 0.25) is 0 Å². The van der Waals surface area contributed by atoms with Gasteiger partial charge in [-0.15, -0.1) is 11.3 Å². The van der Waals surface area contributed by atoms with Crippen molar-refractivity contribution in [1.82, 2.24) is 10.4 Å². The molecule has 1 aromatic carbocycles. The van der Waals surface area contributed by atoms with Crippen LogP contribution in [0.1, 0.15) is 18.0 Å². The predicted octanol–water partition coefficient (Wildman–Crippen LogP) is 1.82. The van der Waals surface area contributed by atoms with Gasteiger partial charge in [0, 0.05) is 0 Å². The summed E-state index contributed by atoms with van der Waals surface area (Å²) in [5.74, 6) is 5.34. The molecule has 4 heteroatoms.